The molecule has 16 heavy (non-hydrogen) atoms. The number of H-pyrrole nitrogens is 1. The number of piperidine rings is 1. The van der Waals surface area contributed by atoms with Crippen LogP contribution in [0.1, 0.15) is 30.1 Å². The molecule has 1 aromatic heterocycles. The normalized spacial score (nSPS) is 17.4. The minimum absolute atomic E-state index is 0.145. The molecule has 0 aromatic carbocycles. The van der Waals surface area contributed by atoms with Crippen LogP contribution in [-0.2, 0) is 0 Å². The summed E-state index contributed by atoms with van der Waals surface area (Å²) in [7, 11) is 0. The van der Waals surface area contributed by atoms with E-state index in [1.54, 1.807) is 17.0 Å². The summed E-state index contributed by atoms with van der Waals surface area (Å²) in [6.07, 6.45) is 3.59. The molecular formula is C12H16N2O2. The van der Waals surface area contributed by atoms with E-state index >= 15 is 0 Å². The molecule has 1 aliphatic heterocycles. The molecule has 1 amide bonds. The third kappa shape index (κ3) is 2.15. The summed E-state index contributed by atoms with van der Waals surface area (Å²) in [5, 5.41) is 0. The van der Waals surface area contributed by atoms with E-state index in [2.05, 4.69) is 11.9 Å². The molecule has 0 radical (unpaired) electrons. The summed E-state index contributed by atoms with van der Waals surface area (Å²) >= 11 is 0. The number of nitrogens with one attached hydrogen (secondary N) is 1. The molecule has 0 unspecified atom stereocenters. The average Bonchev–Trinajstić information content (AvgIpc) is 2.30. The first-order valence-electron chi connectivity index (χ1n) is 5.65. The van der Waals surface area contributed by atoms with Crippen molar-refractivity contribution in [3.8, 4) is 0 Å². The predicted molar refractivity (Wildman–Crippen MR) is 61.4 cm³/mol. The number of nitrogens with zero attached hydrogens (tertiary/aromatic N) is 1. The van der Waals surface area contributed by atoms with Crippen molar-refractivity contribution in [2.45, 2.75) is 19.8 Å². The van der Waals surface area contributed by atoms with Crippen LogP contribution in [0.15, 0.2) is 23.1 Å². The number of rotatable bonds is 1. The van der Waals surface area contributed by atoms with E-state index in [-0.39, 0.29) is 17.0 Å². The standard InChI is InChI=1S/C12H16N2O2/c1-9-4-7-14(8-5-9)12(16)10-3-2-6-13-11(10)15/h2-3,6,9H,4-5,7-8H2,1H3,(H,13,15). The quantitative estimate of drug-likeness (QED) is 0.774. The highest BCUT2D eigenvalue weighted by molar-refractivity contribution is 5.93. The van der Waals surface area contributed by atoms with Gasteiger partial charge in [0, 0.05) is 19.3 Å². The summed E-state index contributed by atoms with van der Waals surface area (Å²) in [5.41, 5.74) is -0.0526. The minimum Gasteiger partial charge on any atom is -0.338 e. The van der Waals surface area contributed by atoms with Gasteiger partial charge in [-0.1, -0.05) is 6.92 Å². The van der Waals surface area contributed by atoms with Gasteiger partial charge in [-0.2, -0.15) is 0 Å². The fraction of sp³-hybridized carbons (Fsp3) is 0.500. The second-order valence-electron chi connectivity index (χ2n) is 4.39. The largest absolute Gasteiger partial charge is 0.338 e. The predicted octanol–water partition coefficient (Wildman–Crippen LogP) is 1.25. The molecule has 0 saturated carbocycles. The zero-order chi connectivity index (χ0) is 11.5. The van der Waals surface area contributed by atoms with E-state index in [0.717, 1.165) is 25.9 Å². The third-order valence-corrected chi connectivity index (χ3v) is 3.12. The monoisotopic (exact) mass is 220 g/mol. The fourth-order valence-corrected chi connectivity index (χ4v) is 1.97. The number of likely N-dealkylation sites (tertiary alicyclic amines) is 1. The summed E-state index contributed by atoms with van der Waals surface area (Å²) in [5.74, 6) is 0.534. The van der Waals surface area contributed by atoms with Crippen LogP contribution in [0.25, 0.3) is 0 Å². The first-order valence-corrected chi connectivity index (χ1v) is 5.65. The summed E-state index contributed by atoms with van der Waals surface area (Å²) in [4.78, 5) is 27.8. The van der Waals surface area contributed by atoms with Gasteiger partial charge < -0.3 is 9.88 Å². The number of carbonyl (C=O) groups is 1. The van der Waals surface area contributed by atoms with Crippen molar-refractivity contribution in [1.29, 1.82) is 0 Å². The van der Waals surface area contributed by atoms with Gasteiger partial charge in [0.05, 0.1) is 0 Å². The zero-order valence-electron chi connectivity index (χ0n) is 9.40. The van der Waals surface area contributed by atoms with E-state index in [1.807, 2.05) is 0 Å². The van der Waals surface area contributed by atoms with E-state index in [0.29, 0.717) is 5.92 Å². The number of aromatic amines is 1. The molecule has 0 spiro atoms. The van der Waals surface area contributed by atoms with Crippen molar-refractivity contribution in [3.05, 3.63) is 34.2 Å². The van der Waals surface area contributed by atoms with Gasteiger partial charge in [0.1, 0.15) is 5.56 Å². The third-order valence-electron chi connectivity index (χ3n) is 3.12. The molecule has 4 nitrogen and oxygen atoms in total. The molecule has 1 aromatic rings. The van der Waals surface area contributed by atoms with Crippen molar-refractivity contribution in [2.75, 3.05) is 13.1 Å². The van der Waals surface area contributed by atoms with Gasteiger partial charge in [0.2, 0.25) is 0 Å². The highest BCUT2D eigenvalue weighted by atomic mass is 16.2. The molecule has 0 aliphatic carbocycles. The summed E-state index contributed by atoms with van der Waals surface area (Å²) in [6.45, 7) is 3.71. The Kier molecular flexibility index (Phi) is 3.08. The second kappa shape index (κ2) is 4.51. The van der Waals surface area contributed by atoms with Crippen molar-refractivity contribution in [3.63, 3.8) is 0 Å². The Morgan fingerprint density at radius 1 is 1.44 bits per heavy atom. The molecular weight excluding hydrogens is 204 g/mol. The Hall–Kier alpha value is -1.58. The van der Waals surface area contributed by atoms with Crippen molar-refractivity contribution < 1.29 is 4.79 Å². The number of hydrogen-bond acceptors (Lipinski definition) is 2. The van der Waals surface area contributed by atoms with Gasteiger partial charge in [-0.05, 0) is 30.9 Å². The van der Waals surface area contributed by atoms with E-state index < -0.39 is 0 Å². The topological polar surface area (TPSA) is 53.2 Å². The van der Waals surface area contributed by atoms with Crippen LogP contribution in [0.3, 0.4) is 0 Å². The van der Waals surface area contributed by atoms with Crippen LogP contribution in [0, 0.1) is 5.92 Å². The summed E-state index contributed by atoms with van der Waals surface area (Å²) < 4.78 is 0. The molecule has 1 fully saturated rings. The minimum atomic E-state index is -0.300. The Bertz CT molecular complexity index is 431. The van der Waals surface area contributed by atoms with Crippen LogP contribution < -0.4 is 5.56 Å². The highest BCUT2D eigenvalue weighted by Crippen LogP contribution is 2.17. The van der Waals surface area contributed by atoms with Crippen molar-refractivity contribution in [1.82, 2.24) is 9.88 Å². The number of hydrogen-bond donors (Lipinski definition) is 1. The van der Waals surface area contributed by atoms with Crippen molar-refractivity contribution >= 4 is 5.91 Å². The van der Waals surface area contributed by atoms with Gasteiger partial charge in [-0.3, -0.25) is 9.59 Å². The van der Waals surface area contributed by atoms with Crippen LogP contribution in [0.4, 0.5) is 0 Å². The number of carbonyl (C=O) groups excluding carboxylic acids is 1. The molecule has 0 bridgehead atoms. The first kappa shape index (κ1) is 10.9. The van der Waals surface area contributed by atoms with E-state index in [1.165, 1.54) is 6.20 Å². The zero-order valence-corrected chi connectivity index (χ0v) is 9.40. The van der Waals surface area contributed by atoms with Gasteiger partial charge >= 0.3 is 0 Å². The maximum atomic E-state index is 12.0. The lowest BCUT2D eigenvalue weighted by Crippen LogP contribution is -2.40. The molecule has 0 atom stereocenters. The summed E-state index contributed by atoms with van der Waals surface area (Å²) in [6, 6.07) is 3.26. The Balaban J connectivity index is 2.14. The first-order chi connectivity index (χ1) is 7.68. The smallest absolute Gasteiger partial charge is 0.260 e. The Morgan fingerprint density at radius 2 is 2.12 bits per heavy atom. The van der Waals surface area contributed by atoms with Crippen LogP contribution in [0.5, 0.6) is 0 Å². The van der Waals surface area contributed by atoms with E-state index in [9.17, 15) is 9.59 Å². The molecule has 2 heterocycles. The molecule has 2 rings (SSSR count). The molecule has 4 heteroatoms. The van der Waals surface area contributed by atoms with Crippen LogP contribution in [0.2, 0.25) is 0 Å². The van der Waals surface area contributed by atoms with Crippen LogP contribution in [-0.4, -0.2) is 28.9 Å². The Labute approximate surface area is 94.3 Å². The lowest BCUT2D eigenvalue weighted by molar-refractivity contribution is 0.0695. The number of aromatic nitrogens is 1. The lowest BCUT2D eigenvalue weighted by Gasteiger charge is -2.30. The average molecular weight is 220 g/mol. The molecule has 1 saturated heterocycles. The highest BCUT2D eigenvalue weighted by Gasteiger charge is 2.22. The second-order valence-corrected chi connectivity index (χ2v) is 4.39. The number of pyridine rings is 1. The van der Waals surface area contributed by atoms with Crippen molar-refractivity contribution in [2.24, 2.45) is 5.92 Å². The van der Waals surface area contributed by atoms with Crippen LogP contribution >= 0.6 is 0 Å². The fourth-order valence-electron chi connectivity index (χ4n) is 1.97. The number of amides is 1. The van der Waals surface area contributed by atoms with Gasteiger partial charge in [0.25, 0.3) is 11.5 Å². The molecule has 86 valence electrons. The molecule has 1 aliphatic rings. The van der Waals surface area contributed by atoms with Gasteiger partial charge in [-0.15, -0.1) is 0 Å². The maximum absolute atomic E-state index is 12.0. The Morgan fingerprint density at radius 3 is 2.75 bits per heavy atom. The van der Waals surface area contributed by atoms with Gasteiger partial charge in [0.15, 0.2) is 0 Å². The van der Waals surface area contributed by atoms with Gasteiger partial charge in [-0.25, -0.2) is 0 Å². The molecule has 1 N–H and O–H groups in total. The SMILES string of the molecule is CC1CCN(C(=O)c2ccc[nH]c2=O)CC1. The maximum Gasteiger partial charge on any atom is 0.260 e. The lowest BCUT2D eigenvalue weighted by atomic mass is 9.99. The van der Waals surface area contributed by atoms with E-state index in [4.69, 9.17) is 0 Å².